The van der Waals surface area contributed by atoms with Crippen LogP contribution in [0.3, 0.4) is 0 Å². The summed E-state index contributed by atoms with van der Waals surface area (Å²) < 4.78 is 10.8. The number of rotatable bonds is 7. The molecule has 0 unspecified atom stereocenters. The number of fused-ring (bicyclic) bond motifs is 2. The summed E-state index contributed by atoms with van der Waals surface area (Å²) in [7, 11) is 1.54. The van der Waals surface area contributed by atoms with Crippen LogP contribution in [0.4, 0.5) is 5.69 Å². The Labute approximate surface area is 183 Å². The lowest BCUT2D eigenvalue weighted by molar-refractivity contribution is -0.158. The second kappa shape index (κ2) is 8.89. The van der Waals surface area contributed by atoms with Gasteiger partial charge in [-0.15, -0.1) is 0 Å². The van der Waals surface area contributed by atoms with Crippen molar-refractivity contribution in [2.45, 2.75) is 58.1 Å². The van der Waals surface area contributed by atoms with Crippen LogP contribution < -0.4 is 15.0 Å². The maximum absolute atomic E-state index is 12.7. The van der Waals surface area contributed by atoms with E-state index in [1.54, 1.807) is 31.1 Å². The van der Waals surface area contributed by atoms with E-state index in [1.807, 2.05) is 12.1 Å². The summed E-state index contributed by atoms with van der Waals surface area (Å²) in [6.45, 7) is 3.86. The molecule has 7 nitrogen and oxygen atoms in total. The van der Waals surface area contributed by atoms with Gasteiger partial charge in [0.25, 0.3) is 5.91 Å². The normalized spacial score (nSPS) is 29.0. The molecule has 1 aliphatic heterocycles. The molecule has 1 aromatic rings. The number of hydrogen-bond donors (Lipinski definition) is 1. The Kier molecular flexibility index (Phi) is 6.21. The third kappa shape index (κ3) is 4.41. The van der Waals surface area contributed by atoms with Gasteiger partial charge in [-0.2, -0.15) is 0 Å². The van der Waals surface area contributed by atoms with Gasteiger partial charge in [-0.1, -0.05) is 18.6 Å². The number of nitrogens with one attached hydrogen (secondary N) is 1. The van der Waals surface area contributed by atoms with Gasteiger partial charge in [-0.05, 0) is 63.0 Å². The predicted molar refractivity (Wildman–Crippen MR) is 116 cm³/mol. The molecule has 3 aliphatic rings. The highest BCUT2D eigenvalue weighted by atomic mass is 16.5. The molecule has 1 N–H and O–H groups in total. The molecular formula is C24H32N2O5. The van der Waals surface area contributed by atoms with E-state index in [2.05, 4.69) is 12.2 Å². The third-order valence-corrected chi connectivity index (χ3v) is 7.30. The van der Waals surface area contributed by atoms with E-state index in [4.69, 9.17) is 9.47 Å². The Balaban J connectivity index is 1.30. The molecule has 6 atom stereocenters. The Morgan fingerprint density at radius 1 is 1.16 bits per heavy atom. The van der Waals surface area contributed by atoms with E-state index in [9.17, 15) is 14.4 Å². The highest BCUT2D eigenvalue weighted by molar-refractivity contribution is 6.00. The van der Waals surface area contributed by atoms with Crippen LogP contribution in [-0.2, 0) is 19.1 Å². The van der Waals surface area contributed by atoms with Crippen LogP contribution in [0.2, 0.25) is 0 Å². The van der Waals surface area contributed by atoms with Gasteiger partial charge in [-0.25, -0.2) is 0 Å². The van der Waals surface area contributed by atoms with Gasteiger partial charge >= 0.3 is 5.97 Å². The minimum atomic E-state index is -0.885. The molecule has 0 aromatic heterocycles. The van der Waals surface area contributed by atoms with Crippen molar-refractivity contribution in [3.05, 3.63) is 24.3 Å². The summed E-state index contributed by atoms with van der Waals surface area (Å²) in [6, 6.07) is 7.29. The fourth-order valence-electron chi connectivity index (χ4n) is 5.63. The smallest absolute Gasteiger partial charge is 0.312 e. The minimum Gasteiger partial charge on any atom is -0.495 e. The SMILES string of the molecule is COc1ccccc1N1C[C@H](C(=O)O[C@H](C)C(=O)N[C@H](C)[C@H]2C[C@@H]3CC[C@@H]2C3)CC1=O. The lowest BCUT2D eigenvalue weighted by atomic mass is 9.84. The summed E-state index contributed by atoms with van der Waals surface area (Å²) in [6.07, 6.45) is 4.23. The zero-order valence-corrected chi connectivity index (χ0v) is 18.5. The molecule has 1 aromatic carbocycles. The van der Waals surface area contributed by atoms with Crippen molar-refractivity contribution in [1.82, 2.24) is 5.32 Å². The standard InChI is InChI=1S/C24H32N2O5/c1-14(19-11-16-8-9-17(19)10-16)25-23(28)15(2)31-24(29)18-12-22(27)26(13-18)20-6-4-5-7-21(20)30-3/h4-7,14-19H,8-13H2,1-3H3,(H,25,28)/t14-,15-,16-,17-,18-,19-/m1/s1. The van der Waals surface area contributed by atoms with Crippen LogP contribution in [0.1, 0.15) is 46.0 Å². The Morgan fingerprint density at radius 3 is 2.61 bits per heavy atom. The highest BCUT2D eigenvalue weighted by Gasteiger charge is 2.43. The second-order valence-electron chi connectivity index (χ2n) is 9.29. The predicted octanol–water partition coefficient (Wildman–Crippen LogP) is 2.92. The molecule has 31 heavy (non-hydrogen) atoms. The van der Waals surface area contributed by atoms with Crippen molar-refractivity contribution in [1.29, 1.82) is 0 Å². The first kappa shape index (κ1) is 21.7. The molecule has 1 heterocycles. The lowest BCUT2D eigenvalue weighted by Gasteiger charge is -2.29. The van der Waals surface area contributed by atoms with Crippen LogP contribution >= 0.6 is 0 Å². The van der Waals surface area contributed by atoms with E-state index in [0.717, 1.165) is 5.92 Å². The molecule has 3 fully saturated rings. The van der Waals surface area contributed by atoms with Crippen molar-refractivity contribution in [3.63, 3.8) is 0 Å². The summed E-state index contributed by atoms with van der Waals surface area (Å²) in [4.78, 5) is 39.4. The molecular weight excluding hydrogens is 396 g/mol. The van der Waals surface area contributed by atoms with Gasteiger partial charge in [0.15, 0.2) is 6.10 Å². The average molecular weight is 429 g/mol. The van der Waals surface area contributed by atoms with Crippen LogP contribution in [0.15, 0.2) is 24.3 Å². The quantitative estimate of drug-likeness (QED) is 0.675. The molecule has 0 radical (unpaired) electrons. The molecule has 2 saturated carbocycles. The van der Waals surface area contributed by atoms with E-state index < -0.39 is 18.0 Å². The van der Waals surface area contributed by atoms with Crippen molar-refractivity contribution >= 4 is 23.5 Å². The number of carbonyl (C=O) groups excluding carboxylic acids is 3. The van der Waals surface area contributed by atoms with Crippen molar-refractivity contribution in [2.24, 2.45) is 23.7 Å². The first-order valence-corrected chi connectivity index (χ1v) is 11.3. The fraction of sp³-hybridized carbons (Fsp3) is 0.625. The van der Waals surface area contributed by atoms with Gasteiger partial charge in [0.1, 0.15) is 5.75 Å². The summed E-state index contributed by atoms with van der Waals surface area (Å²) in [5.41, 5.74) is 0.635. The summed E-state index contributed by atoms with van der Waals surface area (Å²) >= 11 is 0. The second-order valence-corrected chi connectivity index (χ2v) is 9.29. The molecule has 1 saturated heterocycles. The van der Waals surface area contributed by atoms with Gasteiger partial charge in [0, 0.05) is 19.0 Å². The molecule has 7 heteroatoms. The number of hydrogen-bond acceptors (Lipinski definition) is 5. The number of esters is 1. The maximum atomic E-state index is 12.7. The third-order valence-electron chi connectivity index (χ3n) is 7.30. The first-order chi connectivity index (χ1) is 14.9. The number of ether oxygens (including phenoxy) is 2. The van der Waals surface area contributed by atoms with Crippen LogP contribution in [0, 0.1) is 23.7 Å². The molecule has 2 aliphatic carbocycles. The zero-order chi connectivity index (χ0) is 22.1. The number of benzene rings is 1. The first-order valence-electron chi connectivity index (χ1n) is 11.3. The van der Waals surface area contributed by atoms with Crippen LogP contribution in [-0.4, -0.2) is 43.6 Å². The number of anilines is 1. The number of carbonyl (C=O) groups is 3. The van der Waals surface area contributed by atoms with E-state index in [-0.39, 0.29) is 30.8 Å². The van der Waals surface area contributed by atoms with E-state index in [1.165, 1.54) is 25.7 Å². The van der Waals surface area contributed by atoms with Crippen molar-refractivity contribution in [3.8, 4) is 5.75 Å². The maximum Gasteiger partial charge on any atom is 0.312 e. The summed E-state index contributed by atoms with van der Waals surface area (Å²) in [5.74, 6) is 1.08. The van der Waals surface area contributed by atoms with Crippen LogP contribution in [0.5, 0.6) is 5.75 Å². The molecule has 2 bridgehead atoms. The monoisotopic (exact) mass is 428 g/mol. The van der Waals surface area contributed by atoms with Gasteiger partial charge in [-0.3, -0.25) is 14.4 Å². The van der Waals surface area contributed by atoms with Crippen molar-refractivity contribution in [2.75, 3.05) is 18.6 Å². The average Bonchev–Trinajstić information content (AvgIpc) is 3.49. The van der Waals surface area contributed by atoms with E-state index in [0.29, 0.717) is 23.3 Å². The highest BCUT2D eigenvalue weighted by Crippen LogP contribution is 2.49. The molecule has 0 spiro atoms. The van der Waals surface area contributed by atoms with Gasteiger partial charge < -0.3 is 19.7 Å². The van der Waals surface area contributed by atoms with Crippen molar-refractivity contribution < 1.29 is 23.9 Å². The topological polar surface area (TPSA) is 84.9 Å². The summed E-state index contributed by atoms with van der Waals surface area (Å²) in [5, 5.41) is 3.05. The zero-order valence-electron chi connectivity index (χ0n) is 18.5. The molecule has 168 valence electrons. The van der Waals surface area contributed by atoms with E-state index >= 15 is 0 Å². The number of para-hydroxylation sites is 2. The Hall–Kier alpha value is -2.57. The number of nitrogens with zero attached hydrogens (tertiary/aromatic N) is 1. The fourth-order valence-corrected chi connectivity index (χ4v) is 5.63. The Bertz CT molecular complexity index is 856. The Morgan fingerprint density at radius 2 is 1.94 bits per heavy atom. The van der Waals surface area contributed by atoms with Gasteiger partial charge in [0.05, 0.1) is 18.7 Å². The lowest BCUT2D eigenvalue weighted by Crippen LogP contribution is -2.45. The van der Waals surface area contributed by atoms with Crippen LogP contribution in [0.25, 0.3) is 0 Å². The number of amides is 2. The molecule has 4 rings (SSSR count). The van der Waals surface area contributed by atoms with Gasteiger partial charge in [0.2, 0.25) is 5.91 Å². The largest absolute Gasteiger partial charge is 0.495 e. The molecule has 2 amide bonds. The minimum absolute atomic E-state index is 0.0623. The number of methoxy groups -OCH3 is 1.